The quantitative estimate of drug-likeness (QED) is 0.801. The monoisotopic (exact) mass is 287 g/mol. The first-order valence-corrected chi connectivity index (χ1v) is 7.45. The minimum Gasteiger partial charge on any atom is -0.365 e. The molecule has 0 atom stereocenters. The lowest BCUT2D eigenvalue weighted by molar-refractivity contribution is 0.746. The lowest BCUT2D eigenvalue weighted by atomic mass is 10.2. The molecule has 104 valence electrons. The molecule has 0 fully saturated rings. The van der Waals surface area contributed by atoms with Crippen LogP contribution in [0, 0.1) is 6.92 Å². The lowest BCUT2D eigenvalue weighted by Crippen LogP contribution is -2.03. The molecule has 0 amide bonds. The van der Waals surface area contributed by atoms with Crippen molar-refractivity contribution < 1.29 is 0 Å². The van der Waals surface area contributed by atoms with Crippen molar-refractivity contribution in [2.24, 2.45) is 7.05 Å². The summed E-state index contributed by atoms with van der Waals surface area (Å²) in [7, 11) is 1.95. The third-order valence-electron chi connectivity index (χ3n) is 3.23. The number of hydrogen-bond acceptors (Lipinski definition) is 5. The van der Waals surface area contributed by atoms with Crippen LogP contribution in [-0.4, -0.2) is 19.7 Å². The highest BCUT2D eigenvalue weighted by molar-refractivity contribution is 7.18. The molecule has 3 aromatic heterocycles. The minimum absolute atomic E-state index is 0.734. The first-order chi connectivity index (χ1) is 9.67. The van der Waals surface area contributed by atoms with Crippen LogP contribution in [-0.2, 0) is 20.0 Å². The highest BCUT2D eigenvalue weighted by atomic mass is 32.1. The van der Waals surface area contributed by atoms with E-state index in [9.17, 15) is 0 Å². The van der Waals surface area contributed by atoms with Gasteiger partial charge in [0.2, 0.25) is 0 Å². The third kappa shape index (κ3) is 2.38. The molecule has 0 saturated carbocycles. The first kappa shape index (κ1) is 13.1. The van der Waals surface area contributed by atoms with Gasteiger partial charge < -0.3 is 5.32 Å². The topological polar surface area (TPSA) is 55.6 Å². The normalized spacial score (nSPS) is 11.2. The highest BCUT2D eigenvalue weighted by Gasteiger charge is 2.09. The number of anilines is 1. The number of fused-ring (bicyclic) bond motifs is 1. The van der Waals surface area contributed by atoms with Gasteiger partial charge in [0.25, 0.3) is 0 Å². The molecule has 0 radical (unpaired) electrons. The fraction of sp³-hybridized carbons (Fsp3) is 0.357. The van der Waals surface area contributed by atoms with Gasteiger partial charge in [-0.3, -0.25) is 4.68 Å². The van der Waals surface area contributed by atoms with E-state index >= 15 is 0 Å². The summed E-state index contributed by atoms with van der Waals surface area (Å²) in [5.74, 6) is 0.894. The fourth-order valence-electron chi connectivity index (χ4n) is 2.32. The van der Waals surface area contributed by atoms with E-state index in [0.29, 0.717) is 0 Å². The van der Waals surface area contributed by atoms with Crippen LogP contribution in [0.3, 0.4) is 0 Å². The maximum atomic E-state index is 4.45. The predicted octanol–water partition coefficient (Wildman–Crippen LogP) is 2.91. The fourth-order valence-corrected chi connectivity index (χ4v) is 3.17. The molecule has 0 aliphatic carbocycles. The molecule has 1 N–H and O–H groups in total. The summed E-state index contributed by atoms with van der Waals surface area (Å²) in [4.78, 5) is 10.9. The third-order valence-corrected chi connectivity index (χ3v) is 4.18. The predicted molar refractivity (Wildman–Crippen MR) is 82.1 cm³/mol. The summed E-state index contributed by atoms with van der Waals surface area (Å²) < 4.78 is 1.86. The van der Waals surface area contributed by atoms with E-state index < -0.39 is 0 Å². The Morgan fingerprint density at radius 3 is 3.00 bits per heavy atom. The first-order valence-electron chi connectivity index (χ1n) is 6.63. The van der Waals surface area contributed by atoms with Crippen molar-refractivity contribution in [2.45, 2.75) is 26.8 Å². The van der Waals surface area contributed by atoms with E-state index in [1.165, 1.54) is 10.4 Å². The molecule has 20 heavy (non-hydrogen) atoms. The van der Waals surface area contributed by atoms with Crippen LogP contribution in [0.1, 0.15) is 23.1 Å². The van der Waals surface area contributed by atoms with Gasteiger partial charge in [0, 0.05) is 30.2 Å². The molecule has 0 aromatic carbocycles. The summed E-state index contributed by atoms with van der Waals surface area (Å²) in [6, 6.07) is 2.13. The molecule has 0 bridgehead atoms. The Labute approximate surface area is 121 Å². The van der Waals surface area contributed by atoms with Crippen molar-refractivity contribution in [3.05, 3.63) is 34.7 Å². The zero-order chi connectivity index (χ0) is 14.1. The van der Waals surface area contributed by atoms with E-state index in [-0.39, 0.29) is 0 Å². The summed E-state index contributed by atoms with van der Waals surface area (Å²) in [6.45, 7) is 4.95. The van der Waals surface area contributed by atoms with Gasteiger partial charge in [-0.25, -0.2) is 9.97 Å². The van der Waals surface area contributed by atoms with Crippen LogP contribution in [0.4, 0.5) is 5.82 Å². The van der Waals surface area contributed by atoms with E-state index in [1.807, 2.05) is 11.7 Å². The van der Waals surface area contributed by atoms with Crippen LogP contribution < -0.4 is 5.32 Å². The second-order valence-corrected chi connectivity index (χ2v) is 6.01. The van der Waals surface area contributed by atoms with Crippen LogP contribution in [0.2, 0.25) is 0 Å². The Kier molecular flexibility index (Phi) is 3.40. The van der Waals surface area contributed by atoms with Crippen LogP contribution >= 0.6 is 11.3 Å². The van der Waals surface area contributed by atoms with Gasteiger partial charge >= 0.3 is 0 Å². The average molecular weight is 287 g/mol. The molecular weight excluding hydrogens is 270 g/mol. The zero-order valence-electron chi connectivity index (χ0n) is 11.8. The Morgan fingerprint density at radius 2 is 2.20 bits per heavy atom. The summed E-state index contributed by atoms with van der Waals surface area (Å²) in [5, 5.41) is 8.96. The number of thiophene rings is 1. The van der Waals surface area contributed by atoms with Crippen molar-refractivity contribution in [2.75, 3.05) is 5.32 Å². The van der Waals surface area contributed by atoms with E-state index in [0.717, 1.165) is 34.7 Å². The molecule has 3 rings (SSSR count). The van der Waals surface area contributed by atoms with E-state index in [1.54, 1.807) is 17.7 Å². The molecule has 5 nitrogen and oxygen atoms in total. The maximum Gasteiger partial charge on any atom is 0.138 e. The van der Waals surface area contributed by atoms with Crippen molar-refractivity contribution in [3.8, 4) is 0 Å². The molecule has 3 aromatic rings. The maximum absolute atomic E-state index is 4.45. The van der Waals surface area contributed by atoms with Crippen LogP contribution in [0.25, 0.3) is 10.2 Å². The largest absolute Gasteiger partial charge is 0.365 e. The zero-order valence-corrected chi connectivity index (χ0v) is 12.7. The number of rotatable bonds is 4. The summed E-state index contributed by atoms with van der Waals surface area (Å²) in [5.41, 5.74) is 2.35. The van der Waals surface area contributed by atoms with E-state index in [4.69, 9.17) is 0 Å². The molecule has 6 heteroatoms. The molecule has 0 aliphatic heterocycles. The number of hydrogen-bond donors (Lipinski definition) is 1. The molecule has 0 saturated heterocycles. The minimum atomic E-state index is 0.734. The number of nitrogens with one attached hydrogen (secondary N) is 1. The van der Waals surface area contributed by atoms with Gasteiger partial charge in [-0.1, -0.05) is 6.92 Å². The molecule has 3 heterocycles. The lowest BCUT2D eigenvalue weighted by Gasteiger charge is -2.05. The highest BCUT2D eigenvalue weighted by Crippen LogP contribution is 2.27. The van der Waals surface area contributed by atoms with Gasteiger partial charge in [0.1, 0.15) is 17.0 Å². The van der Waals surface area contributed by atoms with Crippen LogP contribution in [0.15, 0.2) is 18.6 Å². The molecule has 0 spiro atoms. The van der Waals surface area contributed by atoms with Crippen molar-refractivity contribution in [3.63, 3.8) is 0 Å². The van der Waals surface area contributed by atoms with Gasteiger partial charge in [0.05, 0.1) is 11.1 Å². The summed E-state index contributed by atoms with van der Waals surface area (Å²) >= 11 is 1.69. The van der Waals surface area contributed by atoms with Crippen LogP contribution in [0.5, 0.6) is 0 Å². The number of aromatic nitrogens is 4. The standard InChI is InChI=1S/C14H17N5S/c1-4-12-10(7-19(3)18-12)6-15-13-11-5-9(2)20-14(11)17-8-16-13/h5,7-8H,4,6H2,1-3H3,(H,15,16,17). The smallest absolute Gasteiger partial charge is 0.138 e. The van der Waals surface area contributed by atoms with E-state index in [2.05, 4.69) is 46.5 Å². The second-order valence-electron chi connectivity index (χ2n) is 4.78. The number of aryl methyl sites for hydroxylation is 3. The second kappa shape index (κ2) is 5.20. The molecule has 0 aliphatic rings. The average Bonchev–Trinajstić information content (AvgIpc) is 2.97. The number of nitrogens with zero attached hydrogens (tertiary/aromatic N) is 4. The summed E-state index contributed by atoms with van der Waals surface area (Å²) in [6.07, 6.45) is 4.61. The van der Waals surface area contributed by atoms with Crippen molar-refractivity contribution in [1.29, 1.82) is 0 Å². The van der Waals surface area contributed by atoms with Gasteiger partial charge in [-0.05, 0) is 19.4 Å². The Bertz CT molecular complexity index is 743. The Morgan fingerprint density at radius 1 is 1.35 bits per heavy atom. The van der Waals surface area contributed by atoms with Crippen molar-refractivity contribution in [1.82, 2.24) is 19.7 Å². The van der Waals surface area contributed by atoms with Gasteiger partial charge in [-0.2, -0.15) is 5.10 Å². The SMILES string of the molecule is CCc1nn(C)cc1CNc1ncnc2sc(C)cc12. The Hall–Kier alpha value is -1.95. The van der Waals surface area contributed by atoms with Gasteiger partial charge in [-0.15, -0.1) is 11.3 Å². The molecule has 0 unspecified atom stereocenters. The molecular formula is C14H17N5S. The van der Waals surface area contributed by atoms with Crippen molar-refractivity contribution >= 4 is 27.4 Å². The Balaban J connectivity index is 1.86. The van der Waals surface area contributed by atoms with Gasteiger partial charge in [0.15, 0.2) is 0 Å².